The van der Waals surface area contributed by atoms with E-state index < -0.39 is 0 Å². The molecule has 0 fully saturated rings. The maximum atomic E-state index is 12.0. The Hall–Kier alpha value is -0.570. The number of hydrogen-bond donors (Lipinski definition) is 1. The predicted octanol–water partition coefficient (Wildman–Crippen LogP) is 2.66. The van der Waals surface area contributed by atoms with E-state index in [1.54, 1.807) is 0 Å². The molecular formula is C14H30N2O. The van der Waals surface area contributed by atoms with Crippen LogP contribution in [0.2, 0.25) is 0 Å². The van der Waals surface area contributed by atoms with Gasteiger partial charge in [-0.1, -0.05) is 20.3 Å². The summed E-state index contributed by atoms with van der Waals surface area (Å²) in [6, 6.07) is 0. The van der Waals surface area contributed by atoms with Crippen molar-refractivity contribution in [1.82, 2.24) is 10.2 Å². The average molecular weight is 242 g/mol. The average Bonchev–Trinajstić information content (AvgIpc) is 2.23. The molecule has 0 bridgehead atoms. The molecule has 0 aromatic carbocycles. The lowest BCUT2D eigenvalue weighted by Crippen LogP contribution is -2.40. The molecule has 0 radical (unpaired) electrons. The minimum Gasteiger partial charge on any atom is -0.343 e. The molecule has 102 valence electrons. The van der Waals surface area contributed by atoms with Gasteiger partial charge in [-0.15, -0.1) is 0 Å². The van der Waals surface area contributed by atoms with Crippen molar-refractivity contribution in [1.29, 1.82) is 0 Å². The molecule has 3 nitrogen and oxygen atoms in total. The summed E-state index contributed by atoms with van der Waals surface area (Å²) < 4.78 is 0. The highest BCUT2D eigenvalue weighted by molar-refractivity contribution is 5.76. The Kier molecular flexibility index (Phi) is 7.44. The van der Waals surface area contributed by atoms with E-state index in [1.807, 2.05) is 4.90 Å². The molecule has 1 amide bonds. The molecule has 0 saturated heterocycles. The number of amides is 1. The lowest BCUT2D eigenvalue weighted by Gasteiger charge is -2.25. The van der Waals surface area contributed by atoms with Crippen LogP contribution in [0.1, 0.15) is 54.4 Å². The summed E-state index contributed by atoms with van der Waals surface area (Å²) in [5.41, 5.74) is 0.0913. The Morgan fingerprint density at radius 2 is 1.88 bits per heavy atom. The van der Waals surface area contributed by atoms with Gasteiger partial charge >= 0.3 is 0 Å². The summed E-state index contributed by atoms with van der Waals surface area (Å²) in [6.07, 6.45) is 1.73. The molecule has 1 atom stereocenters. The third-order valence-corrected chi connectivity index (χ3v) is 2.96. The number of carbonyl (C=O) groups is 1. The summed E-state index contributed by atoms with van der Waals surface area (Å²) in [5.74, 6) is 0.860. The van der Waals surface area contributed by atoms with Crippen LogP contribution in [0, 0.1) is 5.92 Å². The summed E-state index contributed by atoms with van der Waals surface area (Å²) >= 11 is 0. The van der Waals surface area contributed by atoms with E-state index in [4.69, 9.17) is 0 Å². The number of nitrogens with zero attached hydrogens (tertiary/aromatic N) is 1. The third kappa shape index (κ3) is 8.19. The van der Waals surface area contributed by atoms with Crippen molar-refractivity contribution in [3.8, 4) is 0 Å². The number of hydrogen-bond acceptors (Lipinski definition) is 2. The second-order valence-electron chi connectivity index (χ2n) is 5.87. The largest absolute Gasteiger partial charge is 0.343 e. The fourth-order valence-corrected chi connectivity index (χ4v) is 1.62. The monoisotopic (exact) mass is 242 g/mol. The molecule has 1 N–H and O–H groups in total. The van der Waals surface area contributed by atoms with Gasteiger partial charge < -0.3 is 10.2 Å². The molecule has 0 rings (SSSR count). The molecule has 0 heterocycles. The first-order chi connectivity index (χ1) is 7.80. The molecule has 17 heavy (non-hydrogen) atoms. The summed E-state index contributed by atoms with van der Waals surface area (Å²) in [4.78, 5) is 14.0. The van der Waals surface area contributed by atoms with E-state index in [9.17, 15) is 4.79 Å². The fraction of sp³-hybridized carbons (Fsp3) is 0.929. The van der Waals surface area contributed by atoms with E-state index in [0.717, 1.165) is 26.1 Å². The minimum absolute atomic E-state index is 0.0913. The first-order valence-electron chi connectivity index (χ1n) is 6.83. The van der Waals surface area contributed by atoms with Crippen LogP contribution < -0.4 is 5.32 Å². The molecule has 0 aliphatic heterocycles. The zero-order valence-electron chi connectivity index (χ0n) is 12.5. The SMILES string of the molecule is CCC(C)CN(CC)C(=O)CCNC(C)(C)C. The molecule has 3 heteroatoms. The molecule has 0 saturated carbocycles. The summed E-state index contributed by atoms with van der Waals surface area (Å²) in [6.45, 7) is 15.3. The van der Waals surface area contributed by atoms with E-state index in [2.05, 4.69) is 46.9 Å². The quantitative estimate of drug-likeness (QED) is 0.744. The van der Waals surface area contributed by atoms with Crippen molar-refractivity contribution < 1.29 is 4.79 Å². The van der Waals surface area contributed by atoms with Crippen LogP contribution in [0.5, 0.6) is 0 Å². The molecule has 0 aliphatic rings. The van der Waals surface area contributed by atoms with Gasteiger partial charge in [0.15, 0.2) is 0 Å². The maximum absolute atomic E-state index is 12.0. The molecule has 0 aromatic rings. The lowest BCUT2D eigenvalue weighted by atomic mass is 10.1. The van der Waals surface area contributed by atoms with Crippen LogP contribution >= 0.6 is 0 Å². The highest BCUT2D eigenvalue weighted by Crippen LogP contribution is 2.06. The van der Waals surface area contributed by atoms with Gasteiger partial charge in [0.2, 0.25) is 5.91 Å². The van der Waals surface area contributed by atoms with Crippen molar-refractivity contribution in [2.24, 2.45) is 5.92 Å². The second kappa shape index (κ2) is 7.70. The zero-order valence-corrected chi connectivity index (χ0v) is 12.5. The van der Waals surface area contributed by atoms with Gasteiger partial charge in [-0.25, -0.2) is 0 Å². The molecule has 0 aromatic heterocycles. The smallest absolute Gasteiger partial charge is 0.223 e. The van der Waals surface area contributed by atoms with Crippen LogP contribution in [0.3, 0.4) is 0 Å². The fourth-order valence-electron chi connectivity index (χ4n) is 1.62. The normalized spacial score (nSPS) is 13.5. The van der Waals surface area contributed by atoms with Gasteiger partial charge in [0.1, 0.15) is 0 Å². The Labute approximate surface area is 107 Å². The Morgan fingerprint density at radius 3 is 2.29 bits per heavy atom. The van der Waals surface area contributed by atoms with Crippen molar-refractivity contribution in [2.45, 2.75) is 59.9 Å². The Morgan fingerprint density at radius 1 is 1.29 bits per heavy atom. The standard InChI is InChI=1S/C14H30N2O/c1-7-12(3)11-16(8-2)13(17)9-10-15-14(4,5)6/h12,15H,7-11H2,1-6H3. The topological polar surface area (TPSA) is 32.3 Å². The van der Waals surface area contributed by atoms with Gasteiger partial charge in [0, 0.05) is 31.6 Å². The first-order valence-corrected chi connectivity index (χ1v) is 6.83. The first kappa shape index (κ1) is 16.4. The number of rotatable bonds is 7. The number of carbonyl (C=O) groups excluding carboxylic acids is 1. The minimum atomic E-state index is 0.0913. The van der Waals surface area contributed by atoms with Crippen LogP contribution in [0.15, 0.2) is 0 Å². The van der Waals surface area contributed by atoms with Crippen LogP contribution in [0.4, 0.5) is 0 Å². The van der Waals surface area contributed by atoms with Crippen molar-refractivity contribution in [2.75, 3.05) is 19.6 Å². The van der Waals surface area contributed by atoms with Gasteiger partial charge in [0.25, 0.3) is 0 Å². The Bertz CT molecular complexity index is 221. The summed E-state index contributed by atoms with van der Waals surface area (Å²) in [7, 11) is 0. The zero-order chi connectivity index (χ0) is 13.5. The molecule has 0 spiro atoms. The Balaban J connectivity index is 4.00. The van der Waals surface area contributed by atoms with Crippen LogP contribution in [0.25, 0.3) is 0 Å². The van der Waals surface area contributed by atoms with Crippen molar-refractivity contribution in [3.05, 3.63) is 0 Å². The van der Waals surface area contributed by atoms with E-state index >= 15 is 0 Å². The maximum Gasteiger partial charge on any atom is 0.223 e. The van der Waals surface area contributed by atoms with Crippen molar-refractivity contribution >= 4 is 5.91 Å². The molecule has 1 unspecified atom stereocenters. The summed E-state index contributed by atoms with van der Waals surface area (Å²) in [5, 5.41) is 3.35. The van der Waals surface area contributed by atoms with Crippen molar-refractivity contribution in [3.63, 3.8) is 0 Å². The van der Waals surface area contributed by atoms with Gasteiger partial charge in [-0.05, 0) is 33.6 Å². The third-order valence-electron chi connectivity index (χ3n) is 2.96. The highest BCUT2D eigenvalue weighted by atomic mass is 16.2. The van der Waals surface area contributed by atoms with Crippen LogP contribution in [-0.4, -0.2) is 36.0 Å². The predicted molar refractivity (Wildman–Crippen MR) is 74.1 cm³/mol. The molecular weight excluding hydrogens is 212 g/mol. The lowest BCUT2D eigenvalue weighted by molar-refractivity contribution is -0.131. The van der Waals surface area contributed by atoms with Gasteiger partial charge in [-0.2, -0.15) is 0 Å². The number of nitrogens with one attached hydrogen (secondary N) is 1. The highest BCUT2D eigenvalue weighted by Gasteiger charge is 2.15. The van der Waals surface area contributed by atoms with E-state index in [-0.39, 0.29) is 11.4 Å². The van der Waals surface area contributed by atoms with Gasteiger partial charge in [0.05, 0.1) is 0 Å². The van der Waals surface area contributed by atoms with Crippen LogP contribution in [-0.2, 0) is 4.79 Å². The van der Waals surface area contributed by atoms with Gasteiger partial charge in [-0.3, -0.25) is 4.79 Å². The molecule has 0 aliphatic carbocycles. The van der Waals surface area contributed by atoms with E-state index in [0.29, 0.717) is 12.3 Å². The van der Waals surface area contributed by atoms with E-state index in [1.165, 1.54) is 0 Å². The second-order valence-corrected chi connectivity index (χ2v) is 5.87.